The first-order valence-corrected chi connectivity index (χ1v) is 7.79. The van der Waals surface area contributed by atoms with Crippen LogP contribution in [0.25, 0.3) is 11.3 Å². The number of ether oxygens (including phenoxy) is 1. The number of rotatable bonds is 6. The van der Waals surface area contributed by atoms with Crippen molar-refractivity contribution in [1.82, 2.24) is 9.55 Å². The molecule has 0 aliphatic carbocycles. The summed E-state index contributed by atoms with van der Waals surface area (Å²) in [5, 5.41) is 6.45. The van der Waals surface area contributed by atoms with Crippen molar-refractivity contribution in [3.05, 3.63) is 22.8 Å². The Kier molecular flexibility index (Phi) is 4.83. The highest BCUT2D eigenvalue weighted by Crippen LogP contribution is 2.30. The third-order valence-electron chi connectivity index (χ3n) is 3.28. The van der Waals surface area contributed by atoms with Gasteiger partial charge in [-0.25, -0.2) is 4.98 Å². The van der Waals surface area contributed by atoms with Crippen LogP contribution in [0.3, 0.4) is 0 Å². The Morgan fingerprint density at radius 2 is 2.15 bits per heavy atom. The molecule has 0 aliphatic rings. The Morgan fingerprint density at radius 3 is 2.80 bits per heavy atom. The van der Waals surface area contributed by atoms with Crippen LogP contribution in [0.4, 0.5) is 5.13 Å². The number of nitrogens with zero attached hydrogens (tertiary/aromatic N) is 2. The summed E-state index contributed by atoms with van der Waals surface area (Å²) in [6.45, 7) is 10.1. The second-order valence-corrected chi connectivity index (χ2v) is 6.12. The number of aromatic nitrogens is 2. The highest BCUT2D eigenvalue weighted by molar-refractivity contribution is 7.14. The fraction of sp³-hybridized carbons (Fsp3) is 0.533. The molecule has 0 radical (unpaired) electrons. The van der Waals surface area contributed by atoms with E-state index in [1.807, 2.05) is 0 Å². The third kappa shape index (κ3) is 3.22. The number of aryl methyl sites for hydroxylation is 1. The van der Waals surface area contributed by atoms with E-state index in [4.69, 9.17) is 4.74 Å². The standard InChI is InChI=1S/C15H23N3OS/c1-10(2)16-15-17-14(9-20-15)13-8-11(3)18(12(13)4)6-7-19-5/h8-10H,6-7H2,1-5H3,(H,16,17). The zero-order valence-corrected chi connectivity index (χ0v) is 13.7. The number of hydrogen-bond donors (Lipinski definition) is 1. The number of nitrogens with one attached hydrogen (secondary N) is 1. The first kappa shape index (κ1) is 15.1. The van der Waals surface area contributed by atoms with Gasteiger partial charge in [0.15, 0.2) is 5.13 Å². The Balaban J connectivity index is 2.26. The summed E-state index contributed by atoms with van der Waals surface area (Å²) < 4.78 is 7.46. The van der Waals surface area contributed by atoms with Gasteiger partial charge in [0.25, 0.3) is 0 Å². The van der Waals surface area contributed by atoms with E-state index < -0.39 is 0 Å². The maximum atomic E-state index is 5.17. The van der Waals surface area contributed by atoms with Gasteiger partial charge in [-0.3, -0.25) is 0 Å². The molecule has 1 N–H and O–H groups in total. The summed E-state index contributed by atoms with van der Waals surface area (Å²) in [7, 11) is 1.74. The lowest BCUT2D eigenvalue weighted by Gasteiger charge is -2.08. The van der Waals surface area contributed by atoms with Crippen LogP contribution in [0.2, 0.25) is 0 Å². The lowest BCUT2D eigenvalue weighted by atomic mass is 10.2. The summed E-state index contributed by atoms with van der Waals surface area (Å²) in [6, 6.07) is 2.61. The summed E-state index contributed by atoms with van der Waals surface area (Å²) in [6.07, 6.45) is 0. The molecule has 0 fully saturated rings. The van der Waals surface area contributed by atoms with Gasteiger partial charge in [0, 0.05) is 42.0 Å². The molecule has 0 atom stereocenters. The first-order chi connectivity index (χ1) is 9.52. The van der Waals surface area contributed by atoms with Gasteiger partial charge >= 0.3 is 0 Å². The molecule has 2 aromatic heterocycles. The Morgan fingerprint density at radius 1 is 1.40 bits per heavy atom. The Hall–Kier alpha value is -1.33. The monoisotopic (exact) mass is 293 g/mol. The Labute approximate surface area is 124 Å². The molecule has 0 aliphatic heterocycles. The van der Waals surface area contributed by atoms with E-state index in [0.29, 0.717) is 6.04 Å². The molecule has 2 aromatic rings. The van der Waals surface area contributed by atoms with E-state index in [2.05, 4.69) is 54.0 Å². The quantitative estimate of drug-likeness (QED) is 0.882. The minimum absolute atomic E-state index is 0.406. The van der Waals surface area contributed by atoms with E-state index in [-0.39, 0.29) is 0 Å². The van der Waals surface area contributed by atoms with Crippen LogP contribution in [-0.2, 0) is 11.3 Å². The molecule has 0 amide bonds. The average molecular weight is 293 g/mol. The Bertz CT molecular complexity index is 572. The van der Waals surface area contributed by atoms with Crippen LogP contribution < -0.4 is 5.32 Å². The largest absolute Gasteiger partial charge is 0.383 e. The molecule has 0 aromatic carbocycles. The van der Waals surface area contributed by atoms with Crippen molar-refractivity contribution in [2.75, 3.05) is 19.0 Å². The van der Waals surface area contributed by atoms with Crippen molar-refractivity contribution < 1.29 is 4.74 Å². The zero-order valence-electron chi connectivity index (χ0n) is 12.9. The average Bonchev–Trinajstić information content (AvgIpc) is 2.93. The molecular weight excluding hydrogens is 270 g/mol. The summed E-state index contributed by atoms with van der Waals surface area (Å²) in [5.74, 6) is 0. The lowest BCUT2D eigenvalue weighted by Crippen LogP contribution is -2.09. The molecule has 0 bridgehead atoms. The number of thiazole rings is 1. The molecule has 5 heteroatoms. The van der Waals surface area contributed by atoms with E-state index in [1.54, 1.807) is 18.4 Å². The highest BCUT2D eigenvalue weighted by atomic mass is 32.1. The van der Waals surface area contributed by atoms with Crippen LogP contribution >= 0.6 is 11.3 Å². The minimum Gasteiger partial charge on any atom is -0.383 e. The van der Waals surface area contributed by atoms with E-state index >= 15 is 0 Å². The summed E-state index contributed by atoms with van der Waals surface area (Å²) in [5.41, 5.74) is 4.77. The topological polar surface area (TPSA) is 39.1 Å². The van der Waals surface area contributed by atoms with Gasteiger partial charge in [0.1, 0.15) is 0 Å². The second kappa shape index (κ2) is 6.41. The van der Waals surface area contributed by atoms with Crippen molar-refractivity contribution >= 4 is 16.5 Å². The highest BCUT2D eigenvalue weighted by Gasteiger charge is 2.13. The maximum Gasteiger partial charge on any atom is 0.183 e. The first-order valence-electron chi connectivity index (χ1n) is 6.91. The van der Waals surface area contributed by atoms with Gasteiger partial charge in [0.05, 0.1) is 12.3 Å². The van der Waals surface area contributed by atoms with Gasteiger partial charge in [-0.05, 0) is 33.8 Å². The van der Waals surface area contributed by atoms with Crippen molar-refractivity contribution in [3.63, 3.8) is 0 Å². The smallest absolute Gasteiger partial charge is 0.183 e. The molecule has 0 unspecified atom stereocenters. The van der Waals surface area contributed by atoms with Crippen molar-refractivity contribution in [2.24, 2.45) is 0 Å². The summed E-state index contributed by atoms with van der Waals surface area (Å²) >= 11 is 1.66. The van der Waals surface area contributed by atoms with Gasteiger partial charge in [-0.15, -0.1) is 11.3 Å². The van der Waals surface area contributed by atoms with Crippen molar-refractivity contribution in [2.45, 2.75) is 40.3 Å². The van der Waals surface area contributed by atoms with Gasteiger partial charge < -0.3 is 14.6 Å². The van der Waals surface area contributed by atoms with Crippen LogP contribution in [0.15, 0.2) is 11.4 Å². The number of anilines is 1. The zero-order chi connectivity index (χ0) is 14.7. The molecular formula is C15H23N3OS. The number of hydrogen-bond acceptors (Lipinski definition) is 4. The van der Waals surface area contributed by atoms with Crippen LogP contribution in [0.5, 0.6) is 0 Å². The summed E-state index contributed by atoms with van der Waals surface area (Å²) in [4.78, 5) is 4.68. The molecule has 20 heavy (non-hydrogen) atoms. The molecule has 0 spiro atoms. The van der Waals surface area contributed by atoms with Gasteiger partial charge in [-0.2, -0.15) is 0 Å². The minimum atomic E-state index is 0.406. The fourth-order valence-corrected chi connectivity index (χ4v) is 3.16. The molecule has 0 saturated carbocycles. The molecule has 110 valence electrons. The predicted molar refractivity (Wildman–Crippen MR) is 85.6 cm³/mol. The van der Waals surface area contributed by atoms with Crippen LogP contribution in [0.1, 0.15) is 25.2 Å². The second-order valence-electron chi connectivity index (χ2n) is 5.27. The predicted octanol–water partition coefficient (Wildman–Crippen LogP) is 3.70. The molecule has 0 saturated heterocycles. The van der Waals surface area contributed by atoms with Crippen molar-refractivity contribution in [1.29, 1.82) is 0 Å². The molecule has 4 nitrogen and oxygen atoms in total. The van der Waals surface area contributed by atoms with Crippen molar-refractivity contribution in [3.8, 4) is 11.3 Å². The maximum absolute atomic E-state index is 5.17. The lowest BCUT2D eigenvalue weighted by molar-refractivity contribution is 0.186. The normalized spacial score (nSPS) is 11.3. The molecule has 2 heterocycles. The van der Waals surface area contributed by atoms with Crippen LogP contribution in [0, 0.1) is 13.8 Å². The van der Waals surface area contributed by atoms with E-state index in [0.717, 1.165) is 24.0 Å². The van der Waals surface area contributed by atoms with E-state index in [9.17, 15) is 0 Å². The van der Waals surface area contributed by atoms with Gasteiger partial charge in [-0.1, -0.05) is 0 Å². The van der Waals surface area contributed by atoms with Gasteiger partial charge in [0.2, 0.25) is 0 Å². The van der Waals surface area contributed by atoms with E-state index in [1.165, 1.54) is 17.0 Å². The molecule has 2 rings (SSSR count). The number of methoxy groups -OCH3 is 1. The third-order valence-corrected chi connectivity index (χ3v) is 4.06. The van der Waals surface area contributed by atoms with Crippen LogP contribution in [-0.4, -0.2) is 29.3 Å². The fourth-order valence-electron chi connectivity index (χ4n) is 2.30. The SMILES string of the molecule is COCCn1c(C)cc(-c2csc(NC(C)C)n2)c1C.